The molecule has 2 fully saturated rings. The number of benzene rings is 1. The third kappa shape index (κ3) is 4.59. The van der Waals surface area contributed by atoms with Crippen molar-refractivity contribution >= 4 is 28.5 Å². The average Bonchev–Trinajstić information content (AvgIpc) is 2.96. The highest BCUT2D eigenvalue weighted by molar-refractivity contribution is 8.14. The summed E-state index contributed by atoms with van der Waals surface area (Å²) < 4.78 is 39.2. The molecule has 1 aliphatic carbocycles. The van der Waals surface area contributed by atoms with E-state index in [4.69, 9.17) is 4.99 Å². The van der Waals surface area contributed by atoms with Crippen LogP contribution in [0.15, 0.2) is 29.3 Å². The summed E-state index contributed by atoms with van der Waals surface area (Å²) in [5.41, 5.74) is -0.496. The number of hydrogen-bond acceptors (Lipinski definition) is 3. The summed E-state index contributed by atoms with van der Waals surface area (Å²) in [6, 6.07) is 5.25. The number of hydrogen-bond donors (Lipinski definition) is 0. The zero-order valence-electron chi connectivity index (χ0n) is 15.5. The number of carbonyl (C=O) groups excluding carboxylic acids is 1. The number of amidine groups is 1. The molecule has 1 unspecified atom stereocenters. The Morgan fingerprint density at radius 3 is 2.59 bits per heavy atom. The highest BCUT2D eigenvalue weighted by atomic mass is 32.2. The SMILES string of the molecule is CC(=O)N(c1cccc(C(F)(F)F)c1)C1CSC(=NC2CCCCC2)N1C. The Hall–Kier alpha value is -1.70. The molecule has 4 nitrogen and oxygen atoms in total. The maximum absolute atomic E-state index is 13.1. The van der Waals surface area contributed by atoms with Gasteiger partial charge < -0.3 is 4.90 Å². The minimum absolute atomic E-state index is 0.258. The number of alkyl halides is 3. The van der Waals surface area contributed by atoms with Gasteiger partial charge in [0, 0.05) is 25.4 Å². The van der Waals surface area contributed by atoms with Crippen molar-refractivity contribution in [1.82, 2.24) is 4.90 Å². The minimum Gasteiger partial charge on any atom is -0.333 e. The molecule has 27 heavy (non-hydrogen) atoms. The number of anilines is 1. The summed E-state index contributed by atoms with van der Waals surface area (Å²) in [4.78, 5) is 20.5. The first-order chi connectivity index (χ1) is 12.8. The lowest BCUT2D eigenvalue weighted by molar-refractivity contribution is -0.137. The molecule has 1 heterocycles. The predicted molar refractivity (Wildman–Crippen MR) is 103 cm³/mol. The van der Waals surface area contributed by atoms with Gasteiger partial charge in [-0.05, 0) is 31.0 Å². The molecule has 0 spiro atoms. The van der Waals surface area contributed by atoms with Crippen LogP contribution in [-0.2, 0) is 11.0 Å². The van der Waals surface area contributed by atoms with Gasteiger partial charge in [-0.15, -0.1) is 0 Å². The number of rotatable bonds is 3. The van der Waals surface area contributed by atoms with Crippen LogP contribution in [0.1, 0.15) is 44.6 Å². The number of halogens is 3. The van der Waals surface area contributed by atoms with Gasteiger partial charge in [0.15, 0.2) is 5.17 Å². The zero-order valence-corrected chi connectivity index (χ0v) is 16.3. The van der Waals surface area contributed by atoms with E-state index in [1.54, 1.807) is 17.8 Å². The number of nitrogens with zero attached hydrogens (tertiary/aromatic N) is 3. The maximum atomic E-state index is 13.1. The van der Waals surface area contributed by atoms with Gasteiger partial charge in [-0.25, -0.2) is 0 Å². The molecule has 1 aromatic carbocycles. The highest BCUT2D eigenvalue weighted by Gasteiger charge is 2.36. The Morgan fingerprint density at radius 2 is 1.96 bits per heavy atom. The van der Waals surface area contributed by atoms with E-state index in [0.29, 0.717) is 11.8 Å². The molecular formula is C19H24F3N3OS. The summed E-state index contributed by atoms with van der Waals surface area (Å²) in [7, 11) is 1.86. The van der Waals surface area contributed by atoms with Crippen LogP contribution >= 0.6 is 11.8 Å². The molecule has 0 radical (unpaired) electrons. The predicted octanol–water partition coefficient (Wildman–Crippen LogP) is 4.75. The second-order valence-corrected chi connectivity index (χ2v) is 8.03. The maximum Gasteiger partial charge on any atom is 0.416 e. The number of thioether (sulfide) groups is 1. The van der Waals surface area contributed by atoms with Gasteiger partial charge >= 0.3 is 6.18 Å². The van der Waals surface area contributed by atoms with Gasteiger partial charge in [0.25, 0.3) is 0 Å². The number of carbonyl (C=O) groups is 1. The van der Waals surface area contributed by atoms with Crippen molar-refractivity contribution in [2.45, 2.75) is 57.4 Å². The molecule has 1 saturated heterocycles. The number of amides is 1. The van der Waals surface area contributed by atoms with Gasteiger partial charge in [-0.1, -0.05) is 37.1 Å². The van der Waals surface area contributed by atoms with Crippen molar-refractivity contribution in [3.63, 3.8) is 0 Å². The summed E-state index contributed by atoms with van der Waals surface area (Å²) in [5.74, 6) is 0.295. The fourth-order valence-electron chi connectivity index (χ4n) is 3.63. The van der Waals surface area contributed by atoms with Gasteiger partial charge in [-0.3, -0.25) is 14.7 Å². The van der Waals surface area contributed by atoms with Crippen molar-refractivity contribution in [2.75, 3.05) is 17.7 Å². The number of aliphatic imine (C=N–C) groups is 1. The summed E-state index contributed by atoms with van der Waals surface area (Å²) in [5, 5.41) is 0.866. The van der Waals surface area contributed by atoms with Gasteiger partial charge in [0.2, 0.25) is 5.91 Å². The summed E-state index contributed by atoms with van der Waals surface area (Å²) >= 11 is 1.56. The van der Waals surface area contributed by atoms with Crippen LogP contribution < -0.4 is 4.90 Å². The molecule has 0 bridgehead atoms. The molecule has 2 aliphatic rings. The smallest absolute Gasteiger partial charge is 0.333 e. The fourth-order valence-corrected chi connectivity index (χ4v) is 4.85. The Balaban J connectivity index is 1.84. The van der Waals surface area contributed by atoms with Gasteiger partial charge in [-0.2, -0.15) is 13.2 Å². The van der Waals surface area contributed by atoms with E-state index in [1.165, 1.54) is 37.2 Å². The lowest BCUT2D eigenvalue weighted by atomic mass is 9.96. The average molecular weight is 399 g/mol. The summed E-state index contributed by atoms with van der Waals surface area (Å²) in [6.45, 7) is 1.38. The van der Waals surface area contributed by atoms with Crippen molar-refractivity contribution < 1.29 is 18.0 Å². The molecule has 1 atom stereocenters. The van der Waals surface area contributed by atoms with E-state index in [1.807, 2.05) is 11.9 Å². The zero-order chi connectivity index (χ0) is 19.6. The molecule has 0 aromatic heterocycles. The molecule has 1 aliphatic heterocycles. The van der Waals surface area contributed by atoms with E-state index in [-0.39, 0.29) is 17.8 Å². The van der Waals surface area contributed by atoms with E-state index < -0.39 is 11.7 Å². The molecule has 1 amide bonds. The molecule has 0 N–H and O–H groups in total. The van der Waals surface area contributed by atoms with Crippen molar-refractivity contribution in [2.24, 2.45) is 4.99 Å². The first kappa shape index (κ1) is 20.0. The molecule has 1 saturated carbocycles. The quantitative estimate of drug-likeness (QED) is 0.736. The topological polar surface area (TPSA) is 35.9 Å². The monoisotopic (exact) mass is 399 g/mol. The third-order valence-corrected chi connectivity index (χ3v) is 6.18. The first-order valence-corrected chi connectivity index (χ1v) is 10.2. The van der Waals surface area contributed by atoms with E-state index >= 15 is 0 Å². The molecular weight excluding hydrogens is 375 g/mol. The fraction of sp³-hybridized carbons (Fsp3) is 0.579. The van der Waals surface area contributed by atoms with Crippen molar-refractivity contribution in [3.05, 3.63) is 29.8 Å². The standard InChI is InChI=1S/C19H24F3N3OS/c1-13(26)25(16-10-6-7-14(11-16)19(20,21)22)17-12-27-18(24(17)2)23-15-8-4-3-5-9-15/h6-7,10-11,15,17H,3-5,8-9,12H2,1-2H3. The highest BCUT2D eigenvalue weighted by Crippen LogP contribution is 2.35. The lowest BCUT2D eigenvalue weighted by Crippen LogP contribution is -2.48. The van der Waals surface area contributed by atoms with Crippen LogP contribution in [0.3, 0.4) is 0 Å². The second kappa shape index (κ2) is 8.12. The van der Waals surface area contributed by atoms with Crippen LogP contribution in [0.5, 0.6) is 0 Å². The van der Waals surface area contributed by atoms with Crippen molar-refractivity contribution in [3.8, 4) is 0 Å². The van der Waals surface area contributed by atoms with Crippen LogP contribution in [0.2, 0.25) is 0 Å². The Kier molecular flexibility index (Phi) is 6.03. The van der Waals surface area contributed by atoms with E-state index in [2.05, 4.69) is 0 Å². The van der Waals surface area contributed by atoms with Crippen molar-refractivity contribution in [1.29, 1.82) is 0 Å². The minimum atomic E-state index is -4.44. The van der Waals surface area contributed by atoms with E-state index in [9.17, 15) is 18.0 Å². The van der Waals surface area contributed by atoms with Gasteiger partial charge in [0.05, 0.1) is 11.6 Å². The Labute approximate surface area is 161 Å². The normalized spacial score (nSPS) is 23.1. The molecule has 148 valence electrons. The molecule has 1 aromatic rings. The third-order valence-electron chi connectivity index (χ3n) is 5.07. The van der Waals surface area contributed by atoms with Crippen LogP contribution in [-0.4, -0.2) is 41.0 Å². The lowest BCUT2D eigenvalue weighted by Gasteiger charge is -2.33. The summed E-state index contributed by atoms with van der Waals surface area (Å²) in [6.07, 6.45) is 0.979. The first-order valence-electron chi connectivity index (χ1n) is 9.18. The Morgan fingerprint density at radius 1 is 1.26 bits per heavy atom. The van der Waals surface area contributed by atoms with Crippen LogP contribution in [0, 0.1) is 0 Å². The largest absolute Gasteiger partial charge is 0.416 e. The van der Waals surface area contributed by atoms with Gasteiger partial charge in [0.1, 0.15) is 6.17 Å². The van der Waals surface area contributed by atoms with Crippen LogP contribution in [0.4, 0.5) is 18.9 Å². The van der Waals surface area contributed by atoms with Crippen LogP contribution in [0.25, 0.3) is 0 Å². The molecule has 3 rings (SSSR count). The Bertz CT molecular complexity index is 716. The molecule has 8 heteroatoms. The second-order valence-electron chi connectivity index (χ2n) is 7.04. The van der Waals surface area contributed by atoms with E-state index in [0.717, 1.165) is 30.1 Å².